The number of fused-ring (bicyclic) bond motifs is 1. The number of benzene rings is 2. The average Bonchev–Trinajstić information content (AvgIpc) is 3.08. The minimum atomic E-state index is -0.606. The van der Waals surface area contributed by atoms with Crippen LogP contribution in [0.3, 0.4) is 0 Å². The van der Waals surface area contributed by atoms with Gasteiger partial charge < -0.3 is 5.73 Å². The highest BCUT2D eigenvalue weighted by Gasteiger charge is 2.37. The minimum absolute atomic E-state index is 0.00662. The van der Waals surface area contributed by atoms with Crippen molar-refractivity contribution in [2.75, 3.05) is 10.4 Å². The predicted octanol–water partition coefficient (Wildman–Crippen LogP) is 4.20. The Morgan fingerprint density at radius 1 is 1.15 bits per heavy atom. The lowest BCUT2D eigenvalue weighted by atomic mass is 9.94. The largest absolute Gasteiger partial charge is 0.365 e. The molecule has 1 atom stereocenters. The molecule has 3 aromatic rings. The second kappa shape index (κ2) is 7.06. The van der Waals surface area contributed by atoms with Gasteiger partial charge in [-0.05, 0) is 29.8 Å². The number of carbonyl (C=O) groups excluding carboxylic acids is 2. The van der Waals surface area contributed by atoms with Gasteiger partial charge in [-0.2, -0.15) is 0 Å². The quantitative estimate of drug-likeness (QED) is 0.691. The van der Waals surface area contributed by atoms with Gasteiger partial charge in [0.2, 0.25) is 0 Å². The summed E-state index contributed by atoms with van der Waals surface area (Å²) in [7, 11) is 0. The lowest BCUT2D eigenvalue weighted by molar-refractivity contribution is -0.120. The van der Waals surface area contributed by atoms with E-state index >= 15 is 0 Å². The van der Waals surface area contributed by atoms with Crippen LogP contribution in [0.1, 0.15) is 26.8 Å². The molecule has 0 spiro atoms. The van der Waals surface area contributed by atoms with E-state index in [1.165, 1.54) is 11.3 Å². The van der Waals surface area contributed by atoms with Crippen molar-refractivity contribution >= 4 is 45.3 Å². The summed E-state index contributed by atoms with van der Waals surface area (Å²) in [5.74, 6) is -0.511. The topological polar surface area (TPSA) is 75.4 Å². The number of halogens is 1. The Morgan fingerprint density at radius 3 is 2.56 bits per heavy atom. The lowest BCUT2D eigenvalue weighted by Gasteiger charge is -2.37. The lowest BCUT2D eigenvalue weighted by Crippen LogP contribution is -2.42. The van der Waals surface area contributed by atoms with E-state index < -0.39 is 11.9 Å². The summed E-state index contributed by atoms with van der Waals surface area (Å²) >= 11 is 7.67. The third kappa shape index (κ3) is 3.29. The van der Waals surface area contributed by atoms with Crippen molar-refractivity contribution in [1.29, 1.82) is 0 Å². The summed E-state index contributed by atoms with van der Waals surface area (Å²) in [4.78, 5) is 25.1. The second-order valence-corrected chi connectivity index (χ2v) is 7.66. The first kappa shape index (κ1) is 17.6. The summed E-state index contributed by atoms with van der Waals surface area (Å²) in [5, 5.41) is 3.09. The molecule has 5 nitrogen and oxygen atoms in total. The van der Waals surface area contributed by atoms with Gasteiger partial charge in [0.25, 0.3) is 5.91 Å². The molecule has 7 heteroatoms. The molecule has 0 fully saturated rings. The van der Waals surface area contributed by atoms with Gasteiger partial charge in [-0.1, -0.05) is 48.0 Å². The van der Waals surface area contributed by atoms with Crippen LogP contribution < -0.4 is 16.2 Å². The van der Waals surface area contributed by atoms with Crippen LogP contribution in [-0.4, -0.2) is 11.7 Å². The maximum absolute atomic E-state index is 13.0. The number of amides is 1. The molecule has 0 saturated heterocycles. The fraction of sp³-hybridized carbons (Fsp3) is 0.100. The number of hydrogen-bond donors (Lipinski definition) is 2. The van der Waals surface area contributed by atoms with Gasteiger partial charge in [-0.3, -0.25) is 20.0 Å². The number of nitrogens with one attached hydrogen (secondary N) is 1. The van der Waals surface area contributed by atoms with E-state index in [4.69, 9.17) is 17.3 Å². The molecular formula is C20H16ClN3O2S. The van der Waals surface area contributed by atoms with Gasteiger partial charge in [0.1, 0.15) is 11.0 Å². The van der Waals surface area contributed by atoms with Crippen LogP contribution >= 0.6 is 22.9 Å². The fourth-order valence-corrected chi connectivity index (χ4v) is 4.45. The first-order chi connectivity index (χ1) is 13.0. The van der Waals surface area contributed by atoms with E-state index in [9.17, 15) is 9.59 Å². The van der Waals surface area contributed by atoms with Crippen molar-refractivity contribution in [3.63, 3.8) is 0 Å². The SMILES string of the molecule is NC(=O)c1cc2c(s1)N(Nc1ccccc1)C(c1ccccc1Cl)C(=O)C2. The van der Waals surface area contributed by atoms with Gasteiger partial charge in [-0.25, -0.2) is 0 Å². The number of anilines is 2. The van der Waals surface area contributed by atoms with Gasteiger partial charge in [-0.15, -0.1) is 11.3 Å². The van der Waals surface area contributed by atoms with Crippen LogP contribution in [0.25, 0.3) is 0 Å². The van der Waals surface area contributed by atoms with Crippen molar-refractivity contribution in [3.8, 4) is 0 Å². The molecule has 1 aliphatic rings. The molecule has 3 N–H and O–H groups in total. The molecule has 0 aliphatic carbocycles. The van der Waals surface area contributed by atoms with Crippen molar-refractivity contribution in [3.05, 3.63) is 81.7 Å². The molecule has 0 saturated carbocycles. The summed E-state index contributed by atoms with van der Waals surface area (Å²) in [6.07, 6.45) is 0.224. The third-order valence-electron chi connectivity index (χ3n) is 4.40. The fourth-order valence-electron chi connectivity index (χ4n) is 3.19. The van der Waals surface area contributed by atoms with Crippen molar-refractivity contribution in [1.82, 2.24) is 0 Å². The first-order valence-corrected chi connectivity index (χ1v) is 9.54. The van der Waals surface area contributed by atoms with Crippen molar-refractivity contribution in [2.24, 2.45) is 5.73 Å². The van der Waals surface area contributed by atoms with Crippen LogP contribution in [0.15, 0.2) is 60.7 Å². The highest BCUT2D eigenvalue weighted by Crippen LogP contribution is 2.43. The molecule has 1 aliphatic heterocycles. The predicted molar refractivity (Wildman–Crippen MR) is 108 cm³/mol. The molecule has 1 amide bonds. The number of ketones is 1. The van der Waals surface area contributed by atoms with E-state index in [1.807, 2.05) is 48.5 Å². The van der Waals surface area contributed by atoms with Crippen molar-refractivity contribution < 1.29 is 9.59 Å². The number of nitrogens with two attached hydrogens (primary N) is 1. The molecule has 4 rings (SSSR count). The van der Waals surface area contributed by atoms with Crippen LogP contribution in [0.2, 0.25) is 5.02 Å². The molecule has 1 aromatic heterocycles. The Balaban J connectivity index is 1.84. The standard InChI is InChI=1S/C20H16ClN3O2S/c21-15-9-5-4-8-14(15)18-16(25)10-12-11-17(19(22)26)27-20(12)24(18)23-13-6-2-1-3-7-13/h1-9,11,18,23H,10H2,(H2,22,26). The van der Waals surface area contributed by atoms with Gasteiger partial charge in [0, 0.05) is 17.0 Å². The number of hydrogen-bond acceptors (Lipinski definition) is 5. The summed E-state index contributed by atoms with van der Waals surface area (Å²) in [6, 6.07) is 17.9. The number of thiophene rings is 1. The number of rotatable bonds is 4. The molecule has 136 valence electrons. The molecule has 2 aromatic carbocycles. The summed E-state index contributed by atoms with van der Waals surface area (Å²) in [5.41, 5.74) is 11.1. The number of para-hydroxylation sites is 1. The second-order valence-electron chi connectivity index (χ2n) is 6.22. The zero-order chi connectivity index (χ0) is 19.0. The highest BCUT2D eigenvalue weighted by molar-refractivity contribution is 7.18. The maximum Gasteiger partial charge on any atom is 0.258 e. The van der Waals surface area contributed by atoms with Crippen LogP contribution in [0, 0.1) is 0 Å². The Kier molecular flexibility index (Phi) is 4.59. The summed E-state index contributed by atoms with van der Waals surface area (Å²) < 4.78 is 0. The number of hydrazine groups is 1. The van der Waals surface area contributed by atoms with Crippen molar-refractivity contribution in [2.45, 2.75) is 12.5 Å². The molecule has 1 unspecified atom stereocenters. The molecule has 0 radical (unpaired) electrons. The molecule has 0 bridgehead atoms. The Bertz CT molecular complexity index is 1020. The zero-order valence-electron chi connectivity index (χ0n) is 14.2. The number of primary amides is 1. The molecule has 27 heavy (non-hydrogen) atoms. The van der Waals surface area contributed by atoms with Gasteiger partial charge in [0.15, 0.2) is 5.78 Å². The smallest absolute Gasteiger partial charge is 0.258 e. The molecule has 2 heterocycles. The van der Waals surface area contributed by atoms with Crippen LogP contribution in [0.4, 0.5) is 10.7 Å². The van der Waals surface area contributed by atoms with E-state index in [0.29, 0.717) is 15.5 Å². The highest BCUT2D eigenvalue weighted by atomic mass is 35.5. The van der Waals surface area contributed by atoms with Gasteiger partial charge in [0.05, 0.1) is 10.6 Å². The van der Waals surface area contributed by atoms with E-state index in [1.54, 1.807) is 17.1 Å². The van der Waals surface area contributed by atoms with Crippen LogP contribution in [0.5, 0.6) is 0 Å². The first-order valence-electron chi connectivity index (χ1n) is 8.35. The average molecular weight is 398 g/mol. The summed E-state index contributed by atoms with van der Waals surface area (Å²) in [6.45, 7) is 0. The molecular weight excluding hydrogens is 382 g/mol. The Morgan fingerprint density at radius 2 is 1.85 bits per heavy atom. The maximum atomic E-state index is 13.0. The van der Waals surface area contributed by atoms with E-state index in [2.05, 4.69) is 5.43 Å². The minimum Gasteiger partial charge on any atom is -0.365 e. The van der Waals surface area contributed by atoms with E-state index in [0.717, 1.165) is 16.3 Å². The Hall–Kier alpha value is -2.83. The van der Waals surface area contributed by atoms with E-state index in [-0.39, 0.29) is 12.2 Å². The number of carbonyl (C=O) groups is 2. The van der Waals surface area contributed by atoms with Gasteiger partial charge >= 0.3 is 0 Å². The third-order valence-corrected chi connectivity index (χ3v) is 5.93. The Labute approximate surface area is 165 Å². The number of Topliss-reactive ketones (excluding diaryl/α,β-unsaturated/α-hetero) is 1. The zero-order valence-corrected chi connectivity index (χ0v) is 15.8. The monoisotopic (exact) mass is 397 g/mol. The normalized spacial score (nSPS) is 16.1. The number of nitrogens with zero attached hydrogens (tertiary/aromatic N) is 1. The van der Waals surface area contributed by atoms with Crippen LogP contribution in [-0.2, 0) is 11.2 Å².